The van der Waals surface area contributed by atoms with Crippen LogP contribution in [0.15, 0.2) is 0 Å². The van der Waals surface area contributed by atoms with Gasteiger partial charge in [0.25, 0.3) is 0 Å². The van der Waals surface area contributed by atoms with Crippen molar-refractivity contribution in [2.24, 2.45) is 0 Å². The molecule has 10 heavy (non-hydrogen) atoms. The lowest BCUT2D eigenvalue weighted by Crippen LogP contribution is -2.30. The fraction of sp³-hybridized carbons (Fsp3) is 0.833. The minimum atomic E-state index is -0.264. The molecule has 2 saturated heterocycles. The van der Waals surface area contributed by atoms with Gasteiger partial charge in [0.1, 0.15) is 6.10 Å². The Hall–Kier alpha value is -0.280. The monoisotopic (exact) mass is 162 g/mol. The third-order valence-corrected chi connectivity index (χ3v) is 2.11. The summed E-state index contributed by atoms with van der Waals surface area (Å²) >= 11 is 5.50. The van der Waals surface area contributed by atoms with E-state index in [0.717, 1.165) is 6.42 Å². The van der Waals surface area contributed by atoms with Gasteiger partial charge >= 0.3 is 5.97 Å². The van der Waals surface area contributed by atoms with E-state index in [1.807, 2.05) is 0 Å². The van der Waals surface area contributed by atoms with Gasteiger partial charge in [-0.05, 0) is 0 Å². The third kappa shape index (κ3) is 0.896. The van der Waals surface area contributed by atoms with Crippen LogP contribution in [0.2, 0.25) is 0 Å². The van der Waals surface area contributed by atoms with E-state index in [9.17, 15) is 4.79 Å². The Balaban J connectivity index is 1.99. The molecule has 3 atom stereocenters. The molecule has 56 valence electrons. The van der Waals surface area contributed by atoms with E-state index < -0.39 is 0 Å². The largest absolute Gasteiger partial charge is 0.459 e. The Labute approximate surface area is 63.2 Å². The highest BCUT2D eigenvalue weighted by atomic mass is 35.5. The fourth-order valence-electron chi connectivity index (χ4n) is 1.16. The smallest absolute Gasteiger partial charge is 0.338 e. The van der Waals surface area contributed by atoms with Crippen molar-refractivity contribution < 1.29 is 14.3 Å². The van der Waals surface area contributed by atoms with Crippen molar-refractivity contribution >= 4 is 17.6 Å². The van der Waals surface area contributed by atoms with Crippen LogP contribution in [0.1, 0.15) is 6.42 Å². The van der Waals surface area contributed by atoms with Crippen LogP contribution in [-0.4, -0.2) is 30.2 Å². The van der Waals surface area contributed by atoms with Crippen LogP contribution in [0.4, 0.5) is 0 Å². The van der Waals surface area contributed by atoms with Gasteiger partial charge in [-0.25, -0.2) is 4.79 Å². The van der Waals surface area contributed by atoms with Crippen molar-refractivity contribution in [2.45, 2.75) is 24.7 Å². The maximum Gasteiger partial charge on any atom is 0.338 e. The fourth-order valence-corrected chi connectivity index (χ4v) is 1.35. The molecule has 4 heteroatoms. The Morgan fingerprint density at radius 2 is 2.50 bits per heavy atom. The first-order valence-electron chi connectivity index (χ1n) is 3.23. The summed E-state index contributed by atoms with van der Waals surface area (Å²) < 4.78 is 9.88. The van der Waals surface area contributed by atoms with Gasteiger partial charge in [0, 0.05) is 6.42 Å². The standard InChI is InChI=1S/C6H7ClO3/c7-2-3-1-4-5(10-4)6(8)9-3/h3-5H,1-2H2. The molecule has 0 radical (unpaired) electrons. The molecule has 0 aromatic rings. The lowest BCUT2D eigenvalue weighted by Gasteiger charge is -2.16. The van der Waals surface area contributed by atoms with Crippen LogP contribution in [0, 0.1) is 0 Å². The van der Waals surface area contributed by atoms with Crippen LogP contribution in [-0.2, 0) is 14.3 Å². The lowest BCUT2D eigenvalue weighted by molar-refractivity contribution is -0.151. The quantitative estimate of drug-likeness (QED) is 0.317. The number of esters is 1. The second-order valence-electron chi connectivity index (χ2n) is 2.54. The predicted molar refractivity (Wildman–Crippen MR) is 33.9 cm³/mol. The molecule has 3 nitrogen and oxygen atoms in total. The maximum absolute atomic E-state index is 10.8. The minimum Gasteiger partial charge on any atom is -0.459 e. The van der Waals surface area contributed by atoms with E-state index in [1.54, 1.807) is 0 Å². The molecule has 0 amide bonds. The first-order valence-corrected chi connectivity index (χ1v) is 3.76. The summed E-state index contributed by atoms with van der Waals surface area (Å²) in [6, 6.07) is 0. The number of epoxide rings is 1. The summed E-state index contributed by atoms with van der Waals surface area (Å²) in [6.45, 7) is 0. The molecule has 2 heterocycles. The summed E-state index contributed by atoms with van der Waals surface area (Å²) in [5.74, 6) is 0.125. The third-order valence-electron chi connectivity index (χ3n) is 1.76. The summed E-state index contributed by atoms with van der Waals surface area (Å²) in [7, 11) is 0. The number of carbonyl (C=O) groups is 1. The molecule has 0 aliphatic carbocycles. The molecular formula is C6H7ClO3. The molecule has 2 fully saturated rings. The van der Waals surface area contributed by atoms with E-state index in [0.29, 0.717) is 5.88 Å². The maximum atomic E-state index is 10.8. The van der Waals surface area contributed by atoms with Gasteiger partial charge in [-0.15, -0.1) is 11.6 Å². The number of ether oxygens (including phenoxy) is 2. The Morgan fingerprint density at radius 3 is 3.10 bits per heavy atom. The van der Waals surface area contributed by atoms with Crippen LogP contribution < -0.4 is 0 Å². The van der Waals surface area contributed by atoms with Gasteiger partial charge in [0.15, 0.2) is 6.10 Å². The first kappa shape index (κ1) is 6.43. The number of hydrogen-bond donors (Lipinski definition) is 0. The summed E-state index contributed by atoms with van der Waals surface area (Å²) in [5, 5.41) is 0. The Bertz CT molecular complexity index is 170. The molecule has 0 N–H and O–H groups in total. The number of alkyl halides is 1. The zero-order chi connectivity index (χ0) is 7.14. The highest BCUT2D eigenvalue weighted by Crippen LogP contribution is 2.33. The number of carbonyl (C=O) groups excluding carboxylic acids is 1. The molecule has 0 spiro atoms. The van der Waals surface area contributed by atoms with Crippen molar-refractivity contribution in [3.8, 4) is 0 Å². The molecule has 2 rings (SSSR count). The highest BCUT2D eigenvalue weighted by Gasteiger charge is 2.51. The van der Waals surface area contributed by atoms with Gasteiger partial charge in [-0.3, -0.25) is 0 Å². The van der Waals surface area contributed by atoms with Crippen LogP contribution >= 0.6 is 11.6 Å². The van der Waals surface area contributed by atoms with Crippen molar-refractivity contribution in [1.29, 1.82) is 0 Å². The van der Waals surface area contributed by atoms with Crippen molar-refractivity contribution in [3.05, 3.63) is 0 Å². The molecule has 2 aliphatic rings. The zero-order valence-corrected chi connectivity index (χ0v) is 6.00. The van der Waals surface area contributed by atoms with Crippen LogP contribution in [0.3, 0.4) is 0 Å². The van der Waals surface area contributed by atoms with Gasteiger partial charge in [-0.2, -0.15) is 0 Å². The highest BCUT2D eigenvalue weighted by molar-refractivity contribution is 6.18. The summed E-state index contributed by atoms with van der Waals surface area (Å²) in [6.07, 6.45) is 0.474. The van der Waals surface area contributed by atoms with E-state index in [1.165, 1.54) is 0 Å². The summed E-state index contributed by atoms with van der Waals surface area (Å²) in [5.41, 5.74) is 0. The second-order valence-corrected chi connectivity index (χ2v) is 2.85. The SMILES string of the molecule is O=C1OC(CCl)CC2OC12. The van der Waals surface area contributed by atoms with Gasteiger partial charge in [-0.1, -0.05) is 0 Å². The van der Waals surface area contributed by atoms with Gasteiger partial charge in [0.05, 0.1) is 12.0 Å². The van der Waals surface area contributed by atoms with E-state index >= 15 is 0 Å². The van der Waals surface area contributed by atoms with Gasteiger partial charge < -0.3 is 9.47 Å². The normalized spacial score (nSPS) is 44.1. The summed E-state index contributed by atoms with van der Waals surface area (Å²) in [4.78, 5) is 10.8. The zero-order valence-electron chi connectivity index (χ0n) is 5.25. The van der Waals surface area contributed by atoms with Crippen molar-refractivity contribution in [1.82, 2.24) is 0 Å². The second kappa shape index (κ2) is 2.10. The van der Waals surface area contributed by atoms with Crippen LogP contribution in [0.25, 0.3) is 0 Å². The van der Waals surface area contributed by atoms with E-state index in [2.05, 4.69) is 0 Å². The first-order chi connectivity index (χ1) is 4.81. The lowest BCUT2D eigenvalue weighted by atomic mass is 10.1. The Kier molecular flexibility index (Phi) is 1.35. The van der Waals surface area contributed by atoms with Crippen molar-refractivity contribution in [3.63, 3.8) is 0 Å². The van der Waals surface area contributed by atoms with Crippen molar-refractivity contribution in [2.75, 3.05) is 5.88 Å². The number of rotatable bonds is 1. The number of fused-ring (bicyclic) bond motifs is 1. The van der Waals surface area contributed by atoms with Crippen LogP contribution in [0.5, 0.6) is 0 Å². The van der Waals surface area contributed by atoms with Gasteiger partial charge in [0.2, 0.25) is 0 Å². The molecule has 0 saturated carbocycles. The van der Waals surface area contributed by atoms with E-state index in [4.69, 9.17) is 21.1 Å². The molecule has 3 unspecified atom stereocenters. The average molecular weight is 163 g/mol. The molecule has 0 aromatic carbocycles. The Morgan fingerprint density at radius 1 is 1.70 bits per heavy atom. The number of cyclic esters (lactones) is 1. The molecule has 2 aliphatic heterocycles. The number of hydrogen-bond acceptors (Lipinski definition) is 3. The molecule has 0 bridgehead atoms. The predicted octanol–water partition coefficient (Wildman–Crippen LogP) is 0.308. The number of halogens is 1. The minimum absolute atomic E-state index is 0.102. The topological polar surface area (TPSA) is 38.8 Å². The van der Waals surface area contributed by atoms with E-state index in [-0.39, 0.29) is 24.3 Å². The average Bonchev–Trinajstić information content (AvgIpc) is 2.66. The molecule has 0 aromatic heterocycles. The molecular weight excluding hydrogens is 156 g/mol.